The summed E-state index contributed by atoms with van der Waals surface area (Å²) >= 11 is 2.95. The summed E-state index contributed by atoms with van der Waals surface area (Å²) in [6.45, 7) is 0. The number of aromatic nitrogens is 1. The Morgan fingerprint density at radius 1 is 1.57 bits per heavy atom. The maximum atomic E-state index is 12.2. The van der Waals surface area contributed by atoms with Crippen molar-refractivity contribution in [1.29, 1.82) is 0 Å². The molecule has 7 heteroatoms. The van der Waals surface area contributed by atoms with Crippen LogP contribution in [0.3, 0.4) is 0 Å². The van der Waals surface area contributed by atoms with Gasteiger partial charge in [0.25, 0.3) is 12.1 Å². The van der Waals surface area contributed by atoms with E-state index in [4.69, 9.17) is 0 Å². The van der Waals surface area contributed by atoms with Crippen LogP contribution in [0.1, 0.15) is 17.8 Å². The lowest BCUT2D eigenvalue weighted by molar-refractivity contribution is -0.385. The molecule has 0 spiro atoms. The molecule has 0 saturated heterocycles. The fraction of sp³-hybridized carbons (Fsp3) is 0.286. The van der Waals surface area contributed by atoms with E-state index in [2.05, 4.69) is 20.9 Å². The van der Waals surface area contributed by atoms with Crippen molar-refractivity contribution in [2.24, 2.45) is 0 Å². The van der Waals surface area contributed by atoms with E-state index in [0.717, 1.165) is 12.1 Å². The molecule has 76 valence electrons. The minimum atomic E-state index is -2.71. The third kappa shape index (κ3) is 2.22. The van der Waals surface area contributed by atoms with Crippen LogP contribution in [0.15, 0.2) is 12.1 Å². The fourth-order valence-electron chi connectivity index (χ4n) is 0.897. The quantitative estimate of drug-likeness (QED) is 0.480. The van der Waals surface area contributed by atoms with Gasteiger partial charge >= 0.3 is 0 Å². The van der Waals surface area contributed by atoms with Gasteiger partial charge < -0.3 is 0 Å². The van der Waals surface area contributed by atoms with E-state index in [1.165, 1.54) is 0 Å². The van der Waals surface area contributed by atoms with Crippen LogP contribution >= 0.6 is 15.9 Å². The van der Waals surface area contributed by atoms with Crippen molar-refractivity contribution < 1.29 is 13.7 Å². The Labute approximate surface area is 86.2 Å². The Balaban J connectivity index is 3.18. The Hall–Kier alpha value is -1.11. The third-order valence-electron chi connectivity index (χ3n) is 1.52. The van der Waals surface area contributed by atoms with E-state index in [1.54, 1.807) is 0 Å². The molecule has 0 amide bonds. The summed E-state index contributed by atoms with van der Waals surface area (Å²) in [5.74, 6) is 0. The highest BCUT2D eigenvalue weighted by molar-refractivity contribution is 9.08. The molecule has 4 nitrogen and oxygen atoms in total. The Morgan fingerprint density at radius 3 is 2.64 bits per heavy atom. The van der Waals surface area contributed by atoms with Gasteiger partial charge in [-0.3, -0.25) is 10.1 Å². The van der Waals surface area contributed by atoms with Crippen LogP contribution in [0.2, 0.25) is 0 Å². The van der Waals surface area contributed by atoms with Crippen molar-refractivity contribution in [3.63, 3.8) is 0 Å². The van der Waals surface area contributed by atoms with Gasteiger partial charge in [-0.25, -0.2) is 13.8 Å². The number of hydrogen-bond donors (Lipinski definition) is 0. The minimum Gasteiger partial charge on any atom is -0.258 e. The molecule has 0 fully saturated rings. The predicted octanol–water partition coefficient (Wildman–Crippen LogP) is 2.82. The molecular weight excluding hydrogens is 262 g/mol. The van der Waals surface area contributed by atoms with Crippen LogP contribution in [0.25, 0.3) is 0 Å². The fourth-order valence-corrected chi connectivity index (χ4v) is 1.31. The van der Waals surface area contributed by atoms with Crippen LogP contribution in [-0.4, -0.2) is 9.91 Å². The first-order valence-electron chi connectivity index (χ1n) is 3.54. The molecule has 0 N–H and O–H groups in total. The first-order chi connectivity index (χ1) is 6.56. The van der Waals surface area contributed by atoms with Crippen molar-refractivity contribution in [2.45, 2.75) is 11.8 Å². The number of nitrogens with zero attached hydrogens (tertiary/aromatic N) is 2. The van der Waals surface area contributed by atoms with Crippen molar-refractivity contribution in [2.75, 3.05) is 0 Å². The molecule has 0 aliphatic rings. The molecular formula is C7H5BrF2N2O2. The number of nitro groups is 1. The lowest BCUT2D eigenvalue weighted by Gasteiger charge is -2.01. The van der Waals surface area contributed by atoms with Gasteiger partial charge in [-0.05, 0) is 6.07 Å². The summed E-state index contributed by atoms with van der Waals surface area (Å²) in [4.78, 5) is 13.2. The summed E-state index contributed by atoms with van der Waals surface area (Å²) in [5, 5.41) is 10.5. The minimum absolute atomic E-state index is 0.00722. The zero-order valence-corrected chi connectivity index (χ0v) is 8.37. The van der Waals surface area contributed by atoms with Crippen molar-refractivity contribution in [3.05, 3.63) is 33.6 Å². The van der Waals surface area contributed by atoms with Crippen LogP contribution in [0.5, 0.6) is 0 Å². The number of hydrogen-bond acceptors (Lipinski definition) is 3. The topological polar surface area (TPSA) is 56.0 Å². The molecule has 0 atom stereocenters. The van der Waals surface area contributed by atoms with Crippen molar-refractivity contribution in [3.8, 4) is 0 Å². The second-order valence-electron chi connectivity index (χ2n) is 2.39. The van der Waals surface area contributed by atoms with E-state index in [9.17, 15) is 18.9 Å². The summed E-state index contributed by atoms with van der Waals surface area (Å²) in [7, 11) is 0. The molecule has 0 aromatic carbocycles. The third-order valence-corrected chi connectivity index (χ3v) is 2.05. The maximum absolute atomic E-state index is 12.2. The molecule has 0 aliphatic carbocycles. The molecule has 0 radical (unpaired) electrons. The highest BCUT2D eigenvalue weighted by Crippen LogP contribution is 2.23. The summed E-state index contributed by atoms with van der Waals surface area (Å²) in [6, 6.07) is 1.99. The standard InChI is InChI=1S/C7H5BrF2N2O2/c8-3-5-6(12(13)14)2-1-4(11-5)7(9)10/h1-2,7H,3H2. The highest BCUT2D eigenvalue weighted by atomic mass is 79.9. The highest BCUT2D eigenvalue weighted by Gasteiger charge is 2.18. The monoisotopic (exact) mass is 266 g/mol. The first-order valence-corrected chi connectivity index (χ1v) is 4.66. The van der Waals surface area contributed by atoms with Crippen LogP contribution < -0.4 is 0 Å². The number of rotatable bonds is 3. The lowest BCUT2D eigenvalue weighted by Crippen LogP contribution is -2.00. The lowest BCUT2D eigenvalue weighted by atomic mass is 10.3. The second kappa shape index (κ2) is 4.41. The van der Waals surface area contributed by atoms with Gasteiger partial charge in [0.05, 0.1) is 10.3 Å². The normalized spacial score (nSPS) is 10.6. The maximum Gasteiger partial charge on any atom is 0.291 e. The molecule has 1 aromatic rings. The number of alkyl halides is 3. The van der Waals surface area contributed by atoms with Gasteiger partial charge in [0, 0.05) is 6.07 Å². The van der Waals surface area contributed by atoms with Crippen LogP contribution in [-0.2, 0) is 5.33 Å². The molecule has 0 bridgehead atoms. The molecule has 0 unspecified atom stereocenters. The Bertz CT molecular complexity index is 360. The Morgan fingerprint density at radius 2 is 2.21 bits per heavy atom. The van der Waals surface area contributed by atoms with Gasteiger partial charge in [0.15, 0.2) is 0 Å². The van der Waals surface area contributed by atoms with Crippen LogP contribution in [0.4, 0.5) is 14.5 Å². The zero-order valence-electron chi connectivity index (χ0n) is 6.78. The second-order valence-corrected chi connectivity index (χ2v) is 2.95. The first kappa shape index (κ1) is 11.0. The SMILES string of the molecule is O=[N+]([O-])c1ccc(C(F)F)nc1CBr. The van der Waals surface area contributed by atoms with Crippen molar-refractivity contribution in [1.82, 2.24) is 4.98 Å². The molecule has 0 saturated carbocycles. The smallest absolute Gasteiger partial charge is 0.258 e. The summed E-state index contributed by atoms with van der Waals surface area (Å²) in [5.41, 5.74) is -0.705. The van der Waals surface area contributed by atoms with E-state index in [0.29, 0.717) is 0 Å². The van der Waals surface area contributed by atoms with Gasteiger partial charge in [-0.1, -0.05) is 15.9 Å². The number of pyridine rings is 1. The van der Waals surface area contributed by atoms with E-state index < -0.39 is 17.0 Å². The van der Waals surface area contributed by atoms with Gasteiger partial charge in [0.1, 0.15) is 11.4 Å². The molecule has 0 aliphatic heterocycles. The molecule has 14 heavy (non-hydrogen) atoms. The van der Waals surface area contributed by atoms with Gasteiger partial charge in [-0.15, -0.1) is 0 Å². The average molecular weight is 267 g/mol. The molecule has 1 aromatic heterocycles. The largest absolute Gasteiger partial charge is 0.291 e. The van der Waals surface area contributed by atoms with E-state index in [-0.39, 0.29) is 16.7 Å². The molecule has 1 rings (SSSR count). The van der Waals surface area contributed by atoms with E-state index in [1.807, 2.05) is 0 Å². The van der Waals surface area contributed by atoms with Gasteiger partial charge in [0.2, 0.25) is 0 Å². The average Bonchev–Trinajstić information content (AvgIpc) is 2.16. The Kier molecular flexibility index (Phi) is 3.45. The number of halogens is 3. The zero-order chi connectivity index (χ0) is 10.7. The summed E-state index contributed by atoms with van der Waals surface area (Å²) in [6.07, 6.45) is -2.71. The van der Waals surface area contributed by atoms with E-state index >= 15 is 0 Å². The van der Waals surface area contributed by atoms with Crippen LogP contribution in [0, 0.1) is 10.1 Å². The predicted molar refractivity (Wildman–Crippen MR) is 48.5 cm³/mol. The summed E-state index contributed by atoms with van der Waals surface area (Å²) < 4.78 is 24.3. The van der Waals surface area contributed by atoms with Crippen molar-refractivity contribution >= 4 is 21.6 Å². The molecule has 1 heterocycles. The van der Waals surface area contributed by atoms with Gasteiger partial charge in [-0.2, -0.15) is 0 Å².